The second kappa shape index (κ2) is 7.69. The zero-order valence-electron chi connectivity index (χ0n) is 10.9. The Bertz CT molecular complexity index is 285. The highest BCUT2D eigenvalue weighted by atomic mass is 19.4. The summed E-state index contributed by atoms with van der Waals surface area (Å²) in [4.78, 5) is 13.3. The maximum absolute atomic E-state index is 11.9. The third-order valence-corrected chi connectivity index (χ3v) is 3.25. The van der Waals surface area contributed by atoms with Gasteiger partial charge in [-0.15, -0.1) is 0 Å². The fourth-order valence-corrected chi connectivity index (χ4v) is 2.20. The Morgan fingerprint density at radius 2 is 2.16 bits per heavy atom. The van der Waals surface area contributed by atoms with Gasteiger partial charge in [-0.25, -0.2) is 0 Å². The van der Waals surface area contributed by atoms with E-state index in [1.54, 1.807) is 0 Å². The van der Waals surface area contributed by atoms with Gasteiger partial charge < -0.3 is 15.3 Å². The summed E-state index contributed by atoms with van der Waals surface area (Å²) in [6, 6.07) is 0. The number of hydrogen-bond donors (Lipinski definition) is 2. The van der Waals surface area contributed by atoms with Crippen LogP contribution in [0.4, 0.5) is 13.2 Å². The summed E-state index contributed by atoms with van der Waals surface area (Å²) in [7, 11) is 0. The molecule has 0 aromatic rings. The molecule has 1 fully saturated rings. The first-order chi connectivity index (χ1) is 8.90. The predicted molar refractivity (Wildman–Crippen MR) is 64.5 cm³/mol. The molecule has 19 heavy (non-hydrogen) atoms. The Kier molecular flexibility index (Phi) is 6.57. The Balaban J connectivity index is 2.11. The summed E-state index contributed by atoms with van der Waals surface area (Å²) < 4.78 is 35.7. The smallest absolute Gasteiger partial charge is 0.389 e. The van der Waals surface area contributed by atoms with E-state index >= 15 is 0 Å². The van der Waals surface area contributed by atoms with Crippen LogP contribution in [-0.4, -0.2) is 54.9 Å². The van der Waals surface area contributed by atoms with Crippen LogP contribution in [0.1, 0.15) is 25.7 Å². The number of piperidine rings is 1. The Hall–Kier alpha value is -0.820. The number of hydrogen-bond acceptors (Lipinski definition) is 3. The minimum Gasteiger partial charge on any atom is -0.396 e. The van der Waals surface area contributed by atoms with Gasteiger partial charge in [0.2, 0.25) is 5.91 Å². The highest BCUT2D eigenvalue weighted by Crippen LogP contribution is 2.21. The van der Waals surface area contributed by atoms with E-state index in [0.717, 1.165) is 25.9 Å². The van der Waals surface area contributed by atoms with Crippen molar-refractivity contribution in [2.45, 2.75) is 31.9 Å². The molecule has 0 unspecified atom stereocenters. The van der Waals surface area contributed by atoms with Crippen molar-refractivity contribution in [1.82, 2.24) is 10.2 Å². The number of nitrogens with one attached hydrogen (secondary N) is 1. The molecule has 0 aliphatic carbocycles. The molecule has 1 amide bonds. The average molecular weight is 282 g/mol. The molecule has 0 radical (unpaired) electrons. The molecule has 0 aromatic carbocycles. The SMILES string of the molecule is O=C(CCC(F)(F)F)NCCN1CCC[C@H](CO)C1. The van der Waals surface area contributed by atoms with Crippen molar-refractivity contribution in [1.29, 1.82) is 0 Å². The lowest BCUT2D eigenvalue weighted by Crippen LogP contribution is -2.41. The van der Waals surface area contributed by atoms with Crippen molar-refractivity contribution in [3.63, 3.8) is 0 Å². The summed E-state index contributed by atoms with van der Waals surface area (Å²) in [6.45, 7) is 2.83. The first-order valence-corrected chi connectivity index (χ1v) is 6.57. The van der Waals surface area contributed by atoms with Gasteiger partial charge in [-0.05, 0) is 25.3 Å². The second-order valence-corrected chi connectivity index (χ2v) is 4.96. The molecule has 4 nitrogen and oxygen atoms in total. The van der Waals surface area contributed by atoms with Crippen LogP contribution in [0.15, 0.2) is 0 Å². The molecule has 7 heteroatoms. The third-order valence-electron chi connectivity index (χ3n) is 3.25. The maximum atomic E-state index is 11.9. The van der Waals surface area contributed by atoms with E-state index in [9.17, 15) is 18.0 Å². The van der Waals surface area contributed by atoms with E-state index in [1.165, 1.54) is 0 Å². The molecule has 1 heterocycles. The van der Waals surface area contributed by atoms with Crippen molar-refractivity contribution in [3.8, 4) is 0 Å². The highest BCUT2D eigenvalue weighted by molar-refractivity contribution is 5.75. The van der Waals surface area contributed by atoms with Crippen molar-refractivity contribution in [2.24, 2.45) is 5.92 Å². The molecule has 0 saturated carbocycles. The molecule has 2 N–H and O–H groups in total. The average Bonchev–Trinajstić information content (AvgIpc) is 2.36. The van der Waals surface area contributed by atoms with Gasteiger partial charge >= 0.3 is 6.18 Å². The normalized spacial score (nSPS) is 21.4. The van der Waals surface area contributed by atoms with E-state index in [0.29, 0.717) is 13.1 Å². The number of aliphatic hydroxyl groups is 1. The van der Waals surface area contributed by atoms with Crippen LogP contribution in [0.3, 0.4) is 0 Å². The lowest BCUT2D eigenvalue weighted by Gasteiger charge is -2.31. The fourth-order valence-electron chi connectivity index (χ4n) is 2.20. The lowest BCUT2D eigenvalue weighted by atomic mass is 9.99. The van der Waals surface area contributed by atoms with Crippen molar-refractivity contribution in [2.75, 3.05) is 32.8 Å². The van der Waals surface area contributed by atoms with Gasteiger partial charge in [0.25, 0.3) is 0 Å². The molecule has 0 bridgehead atoms. The number of amides is 1. The zero-order valence-corrected chi connectivity index (χ0v) is 10.9. The molecule has 1 atom stereocenters. The van der Waals surface area contributed by atoms with Crippen molar-refractivity contribution < 1.29 is 23.1 Å². The van der Waals surface area contributed by atoms with E-state index in [-0.39, 0.29) is 12.5 Å². The Morgan fingerprint density at radius 3 is 2.79 bits per heavy atom. The molecule has 1 saturated heterocycles. The number of aliphatic hydroxyl groups excluding tert-OH is 1. The summed E-state index contributed by atoms with van der Waals surface area (Å²) in [5, 5.41) is 11.6. The maximum Gasteiger partial charge on any atom is 0.389 e. The van der Waals surface area contributed by atoms with Crippen LogP contribution in [0.2, 0.25) is 0 Å². The minimum atomic E-state index is -4.28. The molecule has 1 aliphatic heterocycles. The lowest BCUT2D eigenvalue weighted by molar-refractivity contribution is -0.144. The highest BCUT2D eigenvalue weighted by Gasteiger charge is 2.27. The van der Waals surface area contributed by atoms with Crippen molar-refractivity contribution in [3.05, 3.63) is 0 Å². The zero-order chi connectivity index (χ0) is 14.3. The Morgan fingerprint density at radius 1 is 1.42 bits per heavy atom. The van der Waals surface area contributed by atoms with Gasteiger partial charge in [-0.3, -0.25) is 4.79 Å². The first kappa shape index (κ1) is 16.2. The second-order valence-electron chi connectivity index (χ2n) is 4.96. The van der Waals surface area contributed by atoms with E-state index in [2.05, 4.69) is 10.2 Å². The number of nitrogens with zero attached hydrogens (tertiary/aromatic N) is 1. The molecule has 1 rings (SSSR count). The van der Waals surface area contributed by atoms with Gasteiger partial charge in [-0.2, -0.15) is 13.2 Å². The van der Waals surface area contributed by atoms with Crippen LogP contribution >= 0.6 is 0 Å². The van der Waals surface area contributed by atoms with E-state index < -0.39 is 24.9 Å². The number of halogens is 3. The van der Waals surface area contributed by atoms with Crippen LogP contribution < -0.4 is 5.32 Å². The minimum absolute atomic E-state index is 0.161. The van der Waals surface area contributed by atoms with Gasteiger partial charge in [0.1, 0.15) is 0 Å². The number of alkyl halides is 3. The van der Waals surface area contributed by atoms with Gasteiger partial charge in [0.05, 0.1) is 6.42 Å². The number of carbonyl (C=O) groups excluding carboxylic acids is 1. The molecule has 1 aliphatic rings. The number of likely N-dealkylation sites (tertiary alicyclic amines) is 1. The largest absolute Gasteiger partial charge is 0.396 e. The monoisotopic (exact) mass is 282 g/mol. The summed E-state index contributed by atoms with van der Waals surface area (Å²) in [5.74, 6) is -0.289. The van der Waals surface area contributed by atoms with Crippen molar-refractivity contribution >= 4 is 5.91 Å². The van der Waals surface area contributed by atoms with E-state index in [4.69, 9.17) is 5.11 Å². The van der Waals surface area contributed by atoms with Crippen LogP contribution in [0, 0.1) is 5.92 Å². The molecule has 0 aromatic heterocycles. The standard InChI is InChI=1S/C12H21F3N2O2/c13-12(14,15)4-3-11(19)16-5-7-17-6-1-2-10(8-17)9-18/h10,18H,1-9H2,(H,16,19)/t10-/m0/s1. The summed E-state index contributed by atoms with van der Waals surface area (Å²) >= 11 is 0. The van der Waals surface area contributed by atoms with Gasteiger partial charge in [-0.1, -0.05) is 0 Å². The van der Waals surface area contributed by atoms with Gasteiger partial charge in [0, 0.05) is 32.7 Å². The molecular formula is C12H21F3N2O2. The van der Waals surface area contributed by atoms with Gasteiger partial charge in [0.15, 0.2) is 0 Å². The van der Waals surface area contributed by atoms with Crippen LogP contribution in [0.5, 0.6) is 0 Å². The molecule has 0 spiro atoms. The van der Waals surface area contributed by atoms with Crippen LogP contribution in [-0.2, 0) is 4.79 Å². The summed E-state index contributed by atoms with van der Waals surface area (Å²) in [6.07, 6.45) is -3.85. The first-order valence-electron chi connectivity index (χ1n) is 6.57. The topological polar surface area (TPSA) is 52.6 Å². The molecule has 112 valence electrons. The fraction of sp³-hybridized carbons (Fsp3) is 0.917. The number of carbonyl (C=O) groups is 1. The number of rotatable bonds is 6. The summed E-state index contributed by atoms with van der Waals surface area (Å²) in [5.41, 5.74) is 0. The van der Waals surface area contributed by atoms with E-state index in [1.807, 2.05) is 0 Å². The predicted octanol–water partition coefficient (Wildman–Crippen LogP) is 1.15. The molecular weight excluding hydrogens is 261 g/mol. The van der Waals surface area contributed by atoms with Crippen LogP contribution in [0.25, 0.3) is 0 Å². The Labute approximate surface area is 111 Å². The third kappa shape index (κ3) is 7.37. The quantitative estimate of drug-likeness (QED) is 0.768.